The lowest BCUT2D eigenvalue weighted by molar-refractivity contribution is -0.137. The number of para-hydroxylation sites is 2. The minimum absolute atomic E-state index is 0.0204. The van der Waals surface area contributed by atoms with Crippen LogP contribution >= 0.6 is 0 Å². The van der Waals surface area contributed by atoms with E-state index >= 15 is 13.2 Å². The van der Waals surface area contributed by atoms with E-state index in [4.69, 9.17) is 0 Å². The minimum atomic E-state index is -4.78. The van der Waals surface area contributed by atoms with Crippen LogP contribution in [0.1, 0.15) is 63.8 Å². The third kappa shape index (κ3) is 5.26. The monoisotopic (exact) mass is 689 g/mol. The van der Waals surface area contributed by atoms with Crippen LogP contribution in [0.2, 0.25) is 0 Å². The second-order valence-electron chi connectivity index (χ2n) is 15.7. The molecule has 0 amide bonds. The number of fused-ring (bicyclic) bond motifs is 6. The second-order valence-corrected chi connectivity index (χ2v) is 15.7. The molecule has 2 aromatic heterocycles. The minimum Gasteiger partial charge on any atom is -0.309 e. The Labute approximate surface area is 301 Å². The molecule has 0 unspecified atom stereocenters. The highest BCUT2D eigenvalue weighted by Crippen LogP contribution is 2.48. The van der Waals surface area contributed by atoms with E-state index in [-0.39, 0.29) is 22.2 Å². The highest BCUT2D eigenvalue weighted by atomic mass is 19.4. The molecule has 0 aliphatic carbocycles. The van der Waals surface area contributed by atoms with Gasteiger partial charge in [0.15, 0.2) is 0 Å². The molecule has 0 atom stereocenters. The third-order valence-corrected chi connectivity index (χ3v) is 10.3. The summed E-state index contributed by atoms with van der Waals surface area (Å²) in [5.41, 5.74) is 5.19. The fourth-order valence-electron chi connectivity index (χ4n) is 7.65. The highest BCUT2D eigenvalue weighted by molar-refractivity contribution is 6.12. The number of benzene rings is 6. The molecular weight excluding hydrogens is 652 g/mol. The van der Waals surface area contributed by atoms with Gasteiger partial charge in [0.2, 0.25) is 0 Å². The molecule has 0 N–H and O–H groups in total. The van der Waals surface area contributed by atoms with Crippen LogP contribution < -0.4 is 0 Å². The topological polar surface area (TPSA) is 33.6 Å². The fraction of sp³-hybridized carbons (Fsp3) is 0.196. The Morgan fingerprint density at radius 3 is 1.58 bits per heavy atom. The van der Waals surface area contributed by atoms with Crippen LogP contribution in [0.5, 0.6) is 0 Å². The quantitative estimate of drug-likeness (QED) is 0.182. The number of hydrogen-bond acceptors (Lipinski definition) is 1. The summed E-state index contributed by atoms with van der Waals surface area (Å²) in [6, 6.07) is 39.9. The van der Waals surface area contributed by atoms with Gasteiger partial charge in [0, 0.05) is 27.1 Å². The third-order valence-electron chi connectivity index (χ3n) is 10.3. The Morgan fingerprint density at radius 1 is 0.519 bits per heavy atom. The average molecular weight is 690 g/mol. The lowest BCUT2D eigenvalue weighted by atomic mass is 9.86. The van der Waals surface area contributed by atoms with Gasteiger partial charge in [-0.15, -0.1) is 0 Å². The van der Waals surface area contributed by atoms with Gasteiger partial charge in [0.1, 0.15) is 5.56 Å². The lowest BCUT2D eigenvalue weighted by Crippen LogP contribution is -2.17. The van der Waals surface area contributed by atoms with Crippen LogP contribution in [0.25, 0.3) is 66.1 Å². The summed E-state index contributed by atoms with van der Waals surface area (Å²) in [6.07, 6.45) is -4.78. The Bertz CT molecular complexity index is 2760. The van der Waals surface area contributed by atoms with Crippen LogP contribution in [0.4, 0.5) is 13.2 Å². The van der Waals surface area contributed by atoms with Crippen molar-refractivity contribution in [2.24, 2.45) is 0 Å². The van der Waals surface area contributed by atoms with Gasteiger partial charge in [-0.2, -0.15) is 18.4 Å². The maximum atomic E-state index is 16.3. The molecule has 0 aliphatic heterocycles. The standard InChI is InChI=1S/C46H38F3N3/c1-44(2,3)30-18-21-39-35(25-30)33-14-7-9-16-37(33)51(39)41-23-20-32(29-13-11-12-28(24-29)27-50)43(42(41)46(47,48)49)52-38-17-10-8-15-34(38)36-26-31(45(4,5)6)19-22-40(36)52/h7-26H,1-6H3. The van der Waals surface area contributed by atoms with Crippen molar-refractivity contribution in [3.63, 3.8) is 0 Å². The van der Waals surface area contributed by atoms with Gasteiger partial charge in [-0.05, 0) is 82.1 Å². The van der Waals surface area contributed by atoms with Crippen LogP contribution in [-0.4, -0.2) is 9.13 Å². The Kier molecular flexibility index (Phi) is 7.45. The first-order valence-corrected chi connectivity index (χ1v) is 17.5. The highest BCUT2D eigenvalue weighted by Gasteiger charge is 2.40. The van der Waals surface area contributed by atoms with Gasteiger partial charge in [-0.3, -0.25) is 0 Å². The van der Waals surface area contributed by atoms with Crippen molar-refractivity contribution in [1.82, 2.24) is 9.13 Å². The molecule has 258 valence electrons. The lowest BCUT2D eigenvalue weighted by Gasteiger charge is -2.25. The van der Waals surface area contributed by atoms with E-state index in [1.165, 1.54) is 0 Å². The summed E-state index contributed by atoms with van der Waals surface area (Å²) >= 11 is 0. The predicted molar refractivity (Wildman–Crippen MR) is 208 cm³/mol. The molecule has 0 saturated heterocycles. The zero-order chi connectivity index (χ0) is 36.7. The number of nitriles is 1. The van der Waals surface area contributed by atoms with E-state index in [1.54, 1.807) is 45.5 Å². The van der Waals surface area contributed by atoms with E-state index in [2.05, 4.69) is 59.7 Å². The van der Waals surface area contributed by atoms with E-state index in [0.29, 0.717) is 38.8 Å². The molecule has 0 saturated carbocycles. The summed E-state index contributed by atoms with van der Waals surface area (Å²) in [5.74, 6) is 0. The van der Waals surface area contributed by atoms with E-state index in [9.17, 15) is 5.26 Å². The predicted octanol–water partition coefficient (Wildman–Crippen LogP) is 13.0. The van der Waals surface area contributed by atoms with Gasteiger partial charge in [-0.25, -0.2) is 0 Å². The van der Waals surface area contributed by atoms with Crippen molar-refractivity contribution in [1.29, 1.82) is 5.26 Å². The van der Waals surface area contributed by atoms with Crippen molar-refractivity contribution in [3.05, 3.63) is 144 Å². The SMILES string of the molecule is CC(C)(C)c1ccc2c(c1)c1ccccc1n2-c1ccc(-c2cccc(C#N)c2)c(-n2c3ccccc3c3cc(C(C)(C)C)ccc32)c1C(F)(F)F. The smallest absolute Gasteiger partial charge is 0.309 e. The first kappa shape index (κ1) is 33.3. The first-order chi connectivity index (χ1) is 24.7. The van der Waals surface area contributed by atoms with Gasteiger partial charge in [-0.1, -0.05) is 108 Å². The number of nitrogens with zero attached hydrogens (tertiary/aromatic N) is 3. The van der Waals surface area contributed by atoms with E-state index in [0.717, 1.165) is 32.7 Å². The molecule has 0 radical (unpaired) electrons. The van der Waals surface area contributed by atoms with Gasteiger partial charge < -0.3 is 9.13 Å². The molecule has 8 aromatic rings. The number of halogens is 3. The zero-order valence-electron chi connectivity index (χ0n) is 30.0. The van der Waals surface area contributed by atoms with Crippen molar-refractivity contribution in [2.45, 2.75) is 58.5 Å². The molecule has 3 nitrogen and oxygen atoms in total. The molecule has 0 aliphatic rings. The number of alkyl halides is 3. The maximum absolute atomic E-state index is 16.3. The van der Waals surface area contributed by atoms with Crippen molar-refractivity contribution < 1.29 is 13.2 Å². The Balaban J connectivity index is 1.58. The summed E-state index contributed by atoms with van der Waals surface area (Å²) in [7, 11) is 0. The fourth-order valence-corrected chi connectivity index (χ4v) is 7.65. The Hall–Kier alpha value is -5.80. The molecule has 6 aromatic carbocycles. The second kappa shape index (κ2) is 11.6. The summed E-state index contributed by atoms with van der Waals surface area (Å²) in [6.45, 7) is 12.8. The van der Waals surface area contributed by atoms with Gasteiger partial charge >= 0.3 is 6.18 Å². The molecular formula is C46H38F3N3. The van der Waals surface area contributed by atoms with E-state index in [1.807, 2.05) is 72.8 Å². The maximum Gasteiger partial charge on any atom is 0.420 e. The molecule has 0 fully saturated rings. The largest absolute Gasteiger partial charge is 0.420 e. The average Bonchev–Trinajstić information content (AvgIpc) is 3.62. The number of aromatic nitrogens is 2. The van der Waals surface area contributed by atoms with E-state index < -0.39 is 11.7 Å². The molecule has 0 bridgehead atoms. The number of hydrogen-bond donors (Lipinski definition) is 0. The molecule has 8 rings (SSSR count). The number of rotatable bonds is 3. The first-order valence-electron chi connectivity index (χ1n) is 17.5. The van der Waals surface area contributed by atoms with Crippen LogP contribution in [0.3, 0.4) is 0 Å². The van der Waals surface area contributed by atoms with Gasteiger partial charge in [0.05, 0.1) is 45.1 Å². The van der Waals surface area contributed by atoms with Crippen LogP contribution in [-0.2, 0) is 17.0 Å². The molecule has 6 heteroatoms. The van der Waals surface area contributed by atoms with Crippen molar-refractivity contribution >= 4 is 43.6 Å². The van der Waals surface area contributed by atoms with Gasteiger partial charge in [0.25, 0.3) is 0 Å². The zero-order valence-corrected chi connectivity index (χ0v) is 30.0. The Morgan fingerprint density at radius 2 is 1.04 bits per heavy atom. The van der Waals surface area contributed by atoms with Crippen molar-refractivity contribution in [2.75, 3.05) is 0 Å². The normalized spacial score (nSPS) is 12.7. The summed E-state index contributed by atoms with van der Waals surface area (Å²) < 4.78 is 52.4. The molecule has 52 heavy (non-hydrogen) atoms. The molecule has 0 spiro atoms. The van der Waals surface area contributed by atoms with Crippen molar-refractivity contribution in [3.8, 4) is 28.6 Å². The van der Waals surface area contributed by atoms with Crippen LogP contribution in [0, 0.1) is 11.3 Å². The van der Waals surface area contributed by atoms with Crippen LogP contribution in [0.15, 0.2) is 121 Å². The summed E-state index contributed by atoms with van der Waals surface area (Å²) in [5, 5.41) is 13.4. The molecule has 2 heterocycles. The summed E-state index contributed by atoms with van der Waals surface area (Å²) in [4.78, 5) is 0.